The van der Waals surface area contributed by atoms with Crippen molar-refractivity contribution in [1.29, 1.82) is 0 Å². The first kappa shape index (κ1) is 16.4. The van der Waals surface area contributed by atoms with Gasteiger partial charge in [-0.1, -0.05) is 43.2 Å². The minimum Gasteiger partial charge on any atom is -0.383 e. The van der Waals surface area contributed by atoms with E-state index in [9.17, 15) is 4.79 Å². The molecule has 1 amide bonds. The van der Waals surface area contributed by atoms with Gasteiger partial charge in [-0.25, -0.2) is 0 Å². The second-order valence-electron chi connectivity index (χ2n) is 6.32. The molecule has 124 valence electrons. The van der Waals surface area contributed by atoms with Gasteiger partial charge in [-0.3, -0.25) is 4.79 Å². The number of benzene rings is 1. The third kappa shape index (κ3) is 3.56. The number of rotatable bonds is 4. The van der Waals surface area contributed by atoms with Gasteiger partial charge >= 0.3 is 0 Å². The highest BCUT2D eigenvalue weighted by molar-refractivity contribution is 7.16. The van der Waals surface area contributed by atoms with Crippen LogP contribution in [0.2, 0.25) is 0 Å². The first-order chi connectivity index (χ1) is 11.2. The average Bonchev–Trinajstić information content (AvgIpc) is 2.90. The Morgan fingerprint density at radius 2 is 2.13 bits per heavy atom. The molecule has 4 nitrogen and oxygen atoms in total. The summed E-state index contributed by atoms with van der Waals surface area (Å²) >= 11 is 1.59. The van der Waals surface area contributed by atoms with Gasteiger partial charge in [-0.2, -0.15) is 4.99 Å². The van der Waals surface area contributed by atoms with Gasteiger partial charge in [-0.15, -0.1) is 0 Å². The van der Waals surface area contributed by atoms with E-state index in [1.54, 1.807) is 18.4 Å². The smallest absolute Gasteiger partial charge is 0.251 e. The number of para-hydroxylation sites is 1. The molecule has 1 fully saturated rings. The minimum atomic E-state index is 0.0509. The monoisotopic (exact) mass is 332 g/mol. The summed E-state index contributed by atoms with van der Waals surface area (Å²) in [6.45, 7) is 3.51. The quantitative estimate of drug-likeness (QED) is 0.858. The van der Waals surface area contributed by atoms with Gasteiger partial charge in [0.25, 0.3) is 5.91 Å². The minimum absolute atomic E-state index is 0.0509. The lowest BCUT2D eigenvalue weighted by molar-refractivity contribution is -0.124. The zero-order valence-corrected chi connectivity index (χ0v) is 14.6. The second-order valence-corrected chi connectivity index (χ2v) is 7.32. The topological polar surface area (TPSA) is 43.6 Å². The molecule has 0 aliphatic heterocycles. The van der Waals surface area contributed by atoms with E-state index >= 15 is 0 Å². The lowest BCUT2D eigenvalue weighted by Gasteiger charge is -2.25. The molecule has 3 rings (SSSR count). The van der Waals surface area contributed by atoms with Crippen LogP contribution in [-0.4, -0.2) is 24.2 Å². The maximum Gasteiger partial charge on any atom is 0.251 e. The van der Waals surface area contributed by atoms with Gasteiger partial charge in [-0.05, 0) is 30.9 Å². The van der Waals surface area contributed by atoms with E-state index in [4.69, 9.17) is 4.74 Å². The Morgan fingerprint density at radius 3 is 2.91 bits per heavy atom. The summed E-state index contributed by atoms with van der Waals surface area (Å²) in [7, 11) is 1.70. The summed E-state index contributed by atoms with van der Waals surface area (Å²) < 4.78 is 8.48. The maximum absolute atomic E-state index is 12.7. The highest BCUT2D eigenvalue weighted by Crippen LogP contribution is 2.30. The largest absolute Gasteiger partial charge is 0.383 e. The fourth-order valence-electron chi connectivity index (χ4n) is 3.37. The number of fused-ring (bicyclic) bond motifs is 1. The van der Waals surface area contributed by atoms with E-state index in [1.165, 1.54) is 6.42 Å². The standard InChI is InChI=1S/C18H24N2O2S/c1-13-7-3-4-8-14(13)17(21)19-18-20(11-12-22-2)15-9-5-6-10-16(15)23-18/h5-6,9-10,13-14H,3-4,7-8,11-12H2,1-2H3. The number of hydrogen-bond acceptors (Lipinski definition) is 3. The first-order valence-corrected chi connectivity index (χ1v) is 9.18. The molecule has 1 aliphatic carbocycles. The van der Waals surface area contributed by atoms with Crippen molar-refractivity contribution in [2.75, 3.05) is 13.7 Å². The van der Waals surface area contributed by atoms with Crippen molar-refractivity contribution in [3.63, 3.8) is 0 Å². The average molecular weight is 332 g/mol. The van der Waals surface area contributed by atoms with Crippen LogP contribution in [0, 0.1) is 11.8 Å². The number of carbonyl (C=O) groups is 1. The molecule has 0 spiro atoms. The van der Waals surface area contributed by atoms with Gasteiger partial charge in [0.2, 0.25) is 0 Å². The summed E-state index contributed by atoms with van der Waals surface area (Å²) in [4.78, 5) is 18.0. The van der Waals surface area contributed by atoms with Crippen LogP contribution >= 0.6 is 11.3 Å². The number of hydrogen-bond donors (Lipinski definition) is 0. The molecule has 23 heavy (non-hydrogen) atoms. The summed E-state index contributed by atoms with van der Waals surface area (Å²) in [6.07, 6.45) is 4.50. The van der Waals surface area contributed by atoms with E-state index in [0.717, 1.165) is 34.3 Å². The van der Waals surface area contributed by atoms with E-state index < -0.39 is 0 Å². The fourth-order valence-corrected chi connectivity index (χ4v) is 4.43. The summed E-state index contributed by atoms with van der Waals surface area (Å²) in [5.41, 5.74) is 1.12. The molecule has 1 saturated carbocycles. The van der Waals surface area contributed by atoms with Crippen LogP contribution < -0.4 is 4.80 Å². The summed E-state index contributed by atoms with van der Waals surface area (Å²) in [5.74, 6) is 0.585. The van der Waals surface area contributed by atoms with Crippen LogP contribution in [0.25, 0.3) is 10.2 Å². The van der Waals surface area contributed by atoms with Crippen molar-refractivity contribution >= 4 is 27.5 Å². The van der Waals surface area contributed by atoms with Crippen LogP contribution in [0.1, 0.15) is 32.6 Å². The van der Waals surface area contributed by atoms with Crippen LogP contribution in [-0.2, 0) is 16.1 Å². The van der Waals surface area contributed by atoms with Crippen LogP contribution in [0.3, 0.4) is 0 Å². The van der Waals surface area contributed by atoms with Crippen molar-refractivity contribution in [1.82, 2.24) is 4.57 Å². The van der Waals surface area contributed by atoms with Crippen molar-refractivity contribution in [3.8, 4) is 0 Å². The lowest BCUT2D eigenvalue weighted by atomic mass is 9.80. The molecule has 2 aromatic rings. The first-order valence-electron chi connectivity index (χ1n) is 8.36. The van der Waals surface area contributed by atoms with E-state index in [1.807, 2.05) is 12.1 Å². The molecule has 0 N–H and O–H groups in total. The Hall–Kier alpha value is -1.46. The normalized spacial score (nSPS) is 22.6. The Kier molecular flexibility index (Phi) is 5.28. The Bertz CT molecular complexity index is 747. The van der Waals surface area contributed by atoms with Crippen LogP contribution in [0.4, 0.5) is 0 Å². The predicted molar refractivity (Wildman–Crippen MR) is 93.4 cm³/mol. The summed E-state index contributed by atoms with van der Waals surface area (Å²) in [5, 5.41) is 0. The van der Waals surface area contributed by atoms with Gasteiger partial charge in [0.1, 0.15) is 0 Å². The van der Waals surface area contributed by atoms with Gasteiger partial charge in [0.15, 0.2) is 4.80 Å². The molecule has 2 unspecified atom stereocenters. The number of amides is 1. The Balaban J connectivity index is 1.98. The van der Waals surface area contributed by atoms with Crippen molar-refractivity contribution in [3.05, 3.63) is 29.1 Å². The third-order valence-electron chi connectivity index (χ3n) is 4.74. The SMILES string of the molecule is COCCn1c(=NC(=O)C2CCCCC2C)sc2ccccc21. The molecular weight excluding hydrogens is 308 g/mol. The lowest BCUT2D eigenvalue weighted by Crippen LogP contribution is -2.27. The zero-order valence-electron chi connectivity index (χ0n) is 13.8. The molecule has 0 bridgehead atoms. The van der Waals surface area contributed by atoms with Crippen LogP contribution in [0.5, 0.6) is 0 Å². The van der Waals surface area contributed by atoms with E-state index in [0.29, 0.717) is 19.1 Å². The molecule has 2 atom stereocenters. The second kappa shape index (κ2) is 7.41. The molecule has 1 heterocycles. The molecule has 0 saturated heterocycles. The fraction of sp³-hybridized carbons (Fsp3) is 0.556. The molecule has 5 heteroatoms. The van der Waals surface area contributed by atoms with Crippen molar-refractivity contribution in [2.45, 2.75) is 39.2 Å². The number of nitrogens with zero attached hydrogens (tertiary/aromatic N) is 2. The Morgan fingerprint density at radius 1 is 1.35 bits per heavy atom. The van der Waals surface area contributed by atoms with Gasteiger partial charge in [0, 0.05) is 19.6 Å². The number of carbonyl (C=O) groups excluding carboxylic acids is 1. The third-order valence-corrected chi connectivity index (χ3v) is 5.80. The van der Waals surface area contributed by atoms with E-state index in [-0.39, 0.29) is 11.8 Å². The molecule has 1 aromatic carbocycles. The van der Waals surface area contributed by atoms with E-state index in [2.05, 4.69) is 28.6 Å². The van der Waals surface area contributed by atoms with Crippen molar-refractivity contribution in [2.24, 2.45) is 16.8 Å². The highest BCUT2D eigenvalue weighted by atomic mass is 32.1. The van der Waals surface area contributed by atoms with Crippen molar-refractivity contribution < 1.29 is 9.53 Å². The highest BCUT2D eigenvalue weighted by Gasteiger charge is 2.27. The number of thiazole rings is 1. The maximum atomic E-state index is 12.7. The number of ether oxygens (including phenoxy) is 1. The van der Waals surface area contributed by atoms with Gasteiger partial charge in [0.05, 0.1) is 16.8 Å². The van der Waals surface area contributed by atoms with Gasteiger partial charge < -0.3 is 9.30 Å². The predicted octanol–water partition coefficient (Wildman–Crippen LogP) is 3.60. The zero-order chi connectivity index (χ0) is 16.2. The van der Waals surface area contributed by atoms with Crippen LogP contribution in [0.15, 0.2) is 29.3 Å². The molecule has 1 aromatic heterocycles. The molecule has 0 radical (unpaired) electrons. The number of aromatic nitrogens is 1. The number of methoxy groups -OCH3 is 1. The molecule has 1 aliphatic rings. The Labute approximate surface area is 140 Å². The summed E-state index contributed by atoms with van der Waals surface area (Å²) in [6, 6.07) is 8.20. The molecular formula is C18H24N2O2S.